The van der Waals surface area contributed by atoms with Gasteiger partial charge in [-0.25, -0.2) is 9.09 Å². The van der Waals surface area contributed by atoms with Crippen LogP contribution in [0.3, 0.4) is 0 Å². The van der Waals surface area contributed by atoms with Crippen LogP contribution in [0.2, 0.25) is 0 Å². The molecule has 1 unspecified atom stereocenters. The summed E-state index contributed by atoms with van der Waals surface area (Å²) in [6.07, 6.45) is -0.518. The molecule has 0 bridgehead atoms. The molecule has 0 aliphatic carbocycles. The van der Waals surface area contributed by atoms with Gasteiger partial charge in [-0.05, 0) is 0 Å². The normalized spacial score (nSPS) is 16.5. The van der Waals surface area contributed by atoms with Gasteiger partial charge in [0.15, 0.2) is 0 Å². The Bertz CT molecular complexity index is 170. The number of hydrogen-bond donors (Lipinski definition) is 2. The number of nitrogens with zero attached hydrogens (tertiary/aromatic N) is 1. The predicted molar refractivity (Wildman–Crippen MR) is 40.6 cm³/mol. The van der Waals surface area contributed by atoms with E-state index in [-0.39, 0.29) is 0 Å². The summed E-state index contributed by atoms with van der Waals surface area (Å²) in [7, 11) is 1.04. The molecule has 2 N–H and O–H groups in total. The lowest BCUT2D eigenvalue weighted by atomic mass is 10.5. The van der Waals surface area contributed by atoms with Crippen molar-refractivity contribution in [2.24, 2.45) is 0 Å². The van der Waals surface area contributed by atoms with Gasteiger partial charge in [-0.1, -0.05) is 0 Å². The van der Waals surface area contributed by atoms with Crippen molar-refractivity contribution in [1.82, 2.24) is 0 Å². The van der Waals surface area contributed by atoms with Gasteiger partial charge in [0.1, 0.15) is 0 Å². The van der Waals surface area contributed by atoms with Crippen LogP contribution in [-0.4, -0.2) is 41.6 Å². The second kappa shape index (κ2) is 3.21. The molecule has 6 heteroatoms. The van der Waals surface area contributed by atoms with Gasteiger partial charge in [-0.15, -0.1) is 0 Å². The summed E-state index contributed by atoms with van der Waals surface area (Å²) in [6.45, 7) is 1.61. The summed E-state index contributed by atoms with van der Waals surface area (Å²) in [6, 6.07) is 0. The van der Waals surface area contributed by atoms with Gasteiger partial charge in [-0.3, -0.25) is 0 Å². The third-order valence-electron chi connectivity index (χ3n) is 1.38. The van der Waals surface area contributed by atoms with Gasteiger partial charge in [0.2, 0.25) is 6.23 Å². The van der Waals surface area contributed by atoms with Gasteiger partial charge in [0.25, 0.3) is 0 Å². The van der Waals surface area contributed by atoms with Crippen molar-refractivity contribution in [1.29, 1.82) is 0 Å². The SMILES string of the molecule is CC(OP(=O)(O)O)[N+](C)(C)C. The molecule has 0 spiro atoms. The summed E-state index contributed by atoms with van der Waals surface area (Å²) >= 11 is 0. The van der Waals surface area contributed by atoms with Crippen LogP contribution in [0.15, 0.2) is 0 Å². The van der Waals surface area contributed by atoms with E-state index in [9.17, 15) is 4.57 Å². The second-order valence-electron chi connectivity index (χ2n) is 3.31. The largest absolute Gasteiger partial charge is 0.474 e. The zero-order chi connectivity index (χ0) is 9.28. The summed E-state index contributed by atoms with van der Waals surface area (Å²) in [5.74, 6) is 0. The van der Waals surface area contributed by atoms with Crippen molar-refractivity contribution in [2.45, 2.75) is 13.2 Å². The quantitative estimate of drug-likeness (QED) is 0.372. The first kappa shape index (κ1) is 11.1. The Balaban J connectivity index is 4.10. The molecule has 1 atom stereocenters. The van der Waals surface area contributed by atoms with E-state index in [0.717, 1.165) is 0 Å². The third-order valence-corrected chi connectivity index (χ3v) is 1.96. The van der Waals surface area contributed by atoms with Crippen LogP contribution in [-0.2, 0) is 9.09 Å². The highest BCUT2D eigenvalue weighted by Crippen LogP contribution is 2.38. The summed E-state index contributed by atoms with van der Waals surface area (Å²) < 4.78 is 15.1. The molecular weight excluding hydrogens is 169 g/mol. The van der Waals surface area contributed by atoms with E-state index in [1.807, 2.05) is 0 Å². The molecule has 0 aliphatic heterocycles. The first-order valence-corrected chi connectivity index (χ1v) is 4.71. The van der Waals surface area contributed by atoms with Crippen molar-refractivity contribution in [2.75, 3.05) is 21.1 Å². The Hall–Kier alpha value is 0.0700. The number of rotatable bonds is 3. The number of hydrogen-bond acceptors (Lipinski definition) is 2. The zero-order valence-electron chi connectivity index (χ0n) is 7.18. The molecule has 68 valence electrons. The zero-order valence-corrected chi connectivity index (χ0v) is 8.08. The van der Waals surface area contributed by atoms with Crippen LogP contribution in [0.25, 0.3) is 0 Å². The van der Waals surface area contributed by atoms with E-state index in [2.05, 4.69) is 4.52 Å². The minimum Gasteiger partial charge on any atom is -0.306 e. The Morgan fingerprint density at radius 2 is 1.73 bits per heavy atom. The second-order valence-corrected chi connectivity index (χ2v) is 4.50. The maximum absolute atomic E-state index is 10.4. The van der Waals surface area contributed by atoms with Crippen molar-refractivity contribution in [3.8, 4) is 0 Å². The Morgan fingerprint density at radius 1 is 1.36 bits per heavy atom. The molecule has 11 heavy (non-hydrogen) atoms. The van der Waals surface area contributed by atoms with E-state index in [4.69, 9.17) is 9.79 Å². The number of phosphoric acid groups is 1. The minimum absolute atomic E-state index is 0.352. The Labute approximate surface area is 66.4 Å². The fourth-order valence-electron chi connectivity index (χ4n) is 0.340. The van der Waals surface area contributed by atoms with Crippen molar-refractivity contribution in [3.05, 3.63) is 0 Å². The number of quaternary nitrogens is 1. The molecule has 0 saturated carbocycles. The molecule has 0 aromatic rings. The molecule has 0 amide bonds. The maximum atomic E-state index is 10.4. The minimum atomic E-state index is -4.33. The predicted octanol–water partition coefficient (Wildman–Crippen LogP) is 0.148. The lowest BCUT2D eigenvalue weighted by molar-refractivity contribution is -0.913. The molecule has 0 aliphatic rings. The molecule has 0 heterocycles. The molecule has 0 radical (unpaired) electrons. The molecule has 0 fully saturated rings. The Kier molecular flexibility index (Phi) is 3.23. The number of phosphoric ester groups is 1. The lowest BCUT2D eigenvalue weighted by Gasteiger charge is -2.30. The van der Waals surface area contributed by atoms with Crippen LogP contribution >= 0.6 is 7.82 Å². The van der Waals surface area contributed by atoms with Gasteiger partial charge in [-0.2, -0.15) is 0 Å². The molecule has 0 aromatic carbocycles. The maximum Gasteiger partial charge on any atom is 0.474 e. The molecule has 0 aromatic heterocycles. The highest BCUT2D eigenvalue weighted by molar-refractivity contribution is 7.46. The first-order valence-electron chi connectivity index (χ1n) is 3.18. The standard InChI is InChI=1S/C5H14NO4P/c1-5(6(2,3)4)10-11(7,8)9/h5H,1-4H3,(H-,7,8,9)/p+1. The molecular formula is C5H15NO4P+. The summed E-state index contributed by atoms with van der Waals surface area (Å²) in [5, 5.41) is 0. The Morgan fingerprint density at radius 3 is 1.82 bits per heavy atom. The van der Waals surface area contributed by atoms with Gasteiger partial charge in [0.05, 0.1) is 21.1 Å². The topological polar surface area (TPSA) is 66.8 Å². The first-order chi connectivity index (χ1) is 4.63. The molecule has 0 rings (SSSR count). The van der Waals surface area contributed by atoms with Crippen LogP contribution < -0.4 is 0 Å². The van der Waals surface area contributed by atoms with E-state index >= 15 is 0 Å². The third kappa shape index (κ3) is 5.35. The fourth-order valence-corrected chi connectivity index (χ4v) is 1.02. The van der Waals surface area contributed by atoms with Crippen LogP contribution in [0.4, 0.5) is 0 Å². The summed E-state index contributed by atoms with van der Waals surface area (Å²) in [4.78, 5) is 16.9. The fraction of sp³-hybridized carbons (Fsp3) is 1.00. The van der Waals surface area contributed by atoms with E-state index < -0.39 is 14.1 Å². The van der Waals surface area contributed by atoms with Crippen LogP contribution in [0.5, 0.6) is 0 Å². The van der Waals surface area contributed by atoms with Gasteiger partial charge in [0, 0.05) is 6.92 Å². The van der Waals surface area contributed by atoms with Crippen molar-refractivity contribution in [3.63, 3.8) is 0 Å². The van der Waals surface area contributed by atoms with Gasteiger partial charge < -0.3 is 14.3 Å². The summed E-state index contributed by atoms with van der Waals surface area (Å²) in [5.41, 5.74) is 0. The lowest BCUT2D eigenvalue weighted by Crippen LogP contribution is -2.44. The van der Waals surface area contributed by atoms with Crippen molar-refractivity contribution >= 4 is 7.82 Å². The van der Waals surface area contributed by atoms with Crippen LogP contribution in [0.1, 0.15) is 6.92 Å². The average Bonchev–Trinajstić information content (AvgIpc) is 1.56. The smallest absolute Gasteiger partial charge is 0.306 e. The van der Waals surface area contributed by atoms with Crippen LogP contribution in [0, 0.1) is 0 Å². The van der Waals surface area contributed by atoms with E-state index in [1.54, 1.807) is 28.1 Å². The van der Waals surface area contributed by atoms with Gasteiger partial charge >= 0.3 is 7.82 Å². The molecule has 0 saturated heterocycles. The van der Waals surface area contributed by atoms with E-state index in [0.29, 0.717) is 4.48 Å². The molecule has 5 nitrogen and oxygen atoms in total. The van der Waals surface area contributed by atoms with Crippen molar-refractivity contribution < 1.29 is 23.4 Å². The van der Waals surface area contributed by atoms with E-state index in [1.165, 1.54) is 0 Å². The highest BCUT2D eigenvalue weighted by Gasteiger charge is 2.27. The monoisotopic (exact) mass is 184 g/mol. The average molecular weight is 184 g/mol. The highest BCUT2D eigenvalue weighted by atomic mass is 31.2.